The minimum Gasteiger partial charge on any atom is -0.492 e. The van der Waals surface area contributed by atoms with E-state index in [4.69, 9.17) is 0 Å². The van der Waals surface area contributed by atoms with E-state index in [2.05, 4.69) is 20.4 Å². The fraction of sp³-hybridized carbons (Fsp3) is 0.529. The molecule has 1 aliphatic rings. The fourth-order valence-electron chi connectivity index (χ4n) is 2.66. The number of aromatic hydroxyl groups is 1. The molecule has 26 heavy (non-hydrogen) atoms. The summed E-state index contributed by atoms with van der Waals surface area (Å²) in [6.45, 7) is 6.30. The Morgan fingerprint density at radius 2 is 2.19 bits per heavy atom. The highest BCUT2D eigenvalue weighted by molar-refractivity contribution is 5.96. The lowest BCUT2D eigenvalue weighted by Crippen LogP contribution is -2.37. The van der Waals surface area contributed by atoms with Gasteiger partial charge in [0, 0.05) is 18.7 Å². The van der Waals surface area contributed by atoms with Crippen molar-refractivity contribution in [2.75, 3.05) is 7.11 Å². The van der Waals surface area contributed by atoms with Crippen molar-refractivity contribution in [1.29, 1.82) is 0 Å². The first-order chi connectivity index (χ1) is 12.2. The van der Waals surface area contributed by atoms with E-state index in [9.17, 15) is 14.7 Å². The monoisotopic (exact) mass is 361 g/mol. The number of nitrogens with one attached hydrogen (secondary N) is 1. The van der Waals surface area contributed by atoms with Gasteiger partial charge in [-0.3, -0.25) is 14.2 Å². The molecule has 0 unspecified atom stereocenters. The summed E-state index contributed by atoms with van der Waals surface area (Å²) in [5.41, 5.74) is -0.298. The van der Waals surface area contributed by atoms with E-state index >= 15 is 0 Å². The van der Waals surface area contributed by atoms with Crippen LogP contribution in [0.2, 0.25) is 0 Å². The quantitative estimate of drug-likeness (QED) is 0.612. The summed E-state index contributed by atoms with van der Waals surface area (Å²) in [5.74, 6) is -1.06. The number of hydrogen-bond donors (Lipinski definition) is 2. The zero-order valence-corrected chi connectivity index (χ0v) is 15.3. The summed E-state index contributed by atoms with van der Waals surface area (Å²) in [7, 11) is 1.40. The molecule has 3 rings (SSSR count). The summed E-state index contributed by atoms with van der Waals surface area (Å²) < 4.78 is 2.64. The largest absolute Gasteiger partial charge is 0.492 e. The lowest BCUT2D eigenvalue weighted by atomic mass is 9.97. The van der Waals surface area contributed by atoms with Crippen LogP contribution >= 0.6 is 0 Å². The maximum Gasteiger partial charge on any atom is 0.270 e. The number of amides is 1. The molecule has 2 aromatic rings. The summed E-state index contributed by atoms with van der Waals surface area (Å²) >= 11 is 0. The number of aromatic nitrogens is 3. The zero-order valence-electron chi connectivity index (χ0n) is 15.3. The first-order valence-electron chi connectivity index (χ1n) is 8.44. The maximum atomic E-state index is 13.0. The number of rotatable bonds is 5. The first kappa shape index (κ1) is 18.0. The Kier molecular flexibility index (Phi) is 4.47. The van der Waals surface area contributed by atoms with Crippen LogP contribution in [0.4, 0.5) is 0 Å². The van der Waals surface area contributed by atoms with Crippen molar-refractivity contribution in [1.82, 2.24) is 19.5 Å². The summed E-state index contributed by atoms with van der Waals surface area (Å²) in [6.07, 6.45) is 3.12. The van der Waals surface area contributed by atoms with Crippen LogP contribution in [-0.2, 0) is 11.4 Å². The topological polar surface area (TPSA) is 110 Å². The number of carbonyl (C=O) groups is 1. The second-order valence-corrected chi connectivity index (χ2v) is 7.65. The second kappa shape index (κ2) is 6.47. The molecule has 9 heteroatoms. The summed E-state index contributed by atoms with van der Waals surface area (Å²) in [4.78, 5) is 30.1. The van der Waals surface area contributed by atoms with Crippen molar-refractivity contribution in [2.24, 2.45) is 10.6 Å². The van der Waals surface area contributed by atoms with E-state index < -0.39 is 17.3 Å². The number of fused-ring (bicyclic) bond motifs is 1. The third-order valence-electron chi connectivity index (χ3n) is 3.93. The van der Waals surface area contributed by atoms with Crippen LogP contribution in [0.5, 0.6) is 5.88 Å². The van der Waals surface area contributed by atoms with Crippen LogP contribution in [0, 0.1) is 5.41 Å². The minimum absolute atomic E-state index is 0.0649. The Morgan fingerprint density at radius 1 is 1.50 bits per heavy atom. The van der Waals surface area contributed by atoms with Gasteiger partial charge in [-0.05, 0) is 18.3 Å². The van der Waals surface area contributed by atoms with Gasteiger partial charge < -0.3 is 15.3 Å². The smallest absolute Gasteiger partial charge is 0.270 e. The average molecular weight is 361 g/mol. The van der Waals surface area contributed by atoms with Gasteiger partial charge in [0.25, 0.3) is 11.5 Å². The van der Waals surface area contributed by atoms with Crippen LogP contribution in [0.1, 0.15) is 49.7 Å². The van der Waals surface area contributed by atoms with Crippen LogP contribution in [0.15, 0.2) is 16.0 Å². The van der Waals surface area contributed by atoms with Gasteiger partial charge in [-0.25, -0.2) is 0 Å². The SMILES string of the molecule is CON=Cc1cc2n(CC(C)(C)C)c(=O)c(C(=O)NC3CC3)c(O)n2n1. The lowest BCUT2D eigenvalue weighted by Gasteiger charge is -2.21. The Labute approximate surface area is 150 Å². The molecular formula is C17H23N5O4. The van der Waals surface area contributed by atoms with Crippen molar-refractivity contribution < 1.29 is 14.7 Å². The van der Waals surface area contributed by atoms with Gasteiger partial charge >= 0.3 is 0 Å². The maximum absolute atomic E-state index is 13.0. The van der Waals surface area contributed by atoms with Crippen molar-refractivity contribution in [3.8, 4) is 5.88 Å². The highest BCUT2D eigenvalue weighted by Gasteiger charge is 2.30. The molecule has 1 saturated carbocycles. The number of nitrogens with zero attached hydrogens (tertiary/aromatic N) is 4. The zero-order chi connectivity index (χ0) is 19.1. The van der Waals surface area contributed by atoms with Crippen LogP contribution in [-0.4, -0.2) is 44.6 Å². The molecule has 1 amide bonds. The summed E-state index contributed by atoms with van der Waals surface area (Å²) in [6, 6.07) is 1.67. The van der Waals surface area contributed by atoms with Gasteiger partial charge in [-0.15, -0.1) is 0 Å². The first-order valence-corrected chi connectivity index (χ1v) is 8.44. The standard InChI is InChI=1S/C17H23N5O4/c1-17(2,3)9-21-12-7-11(8-18-26-4)20-22(12)16(25)13(15(21)24)14(23)19-10-5-6-10/h7-8,10,25H,5-6,9H2,1-4H3,(H,19,23). The van der Waals surface area contributed by atoms with E-state index in [-0.39, 0.29) is 17.0 Å². The molecule has 140 valence electrons. The molecule has 2 aromatic heterocycles. The van der Waals surface area contributed by atoms with Gasteiger partial charge in [0.15, 0.2) is 5.56 Å². The van der Waals surface area contributed by atoms with Crippen molar-refractivity contribution in [2.45, 2.75) is 46.2 Å². The minimum atomic E-state index is -0.581. The third-order valence-corrected chi connectivity index (χ3v) is 3.93. The Hall–Kier alpha value is -2.84. The summed E-state index contributed by atoms with van der Waals surface area (Å²) in [5, 5.41) is 21.2. The van der Waals surface area contributed by atoms with E-state index in [0.717, 1.165) is 12.8 Å². The van der Waals surface area contributed by atoms with Gasteiger partial charge in [-0.1, -0.05) is 25.9 Å². The second-order valence-electron chi connectivity index (χ2n) is 7.65. The highest BCUT2D eigenvalue weighted by atomic mass is 16.6. The molecule has 1 aliphatic carbocycles. The van der Waals surface area contributed by atoms with Crippen molar-refractivity contribution >= 4 is 17.8 Å². The van der Waals surface area contributed by atoms with Crippen LogP contribution in [0.3, 0.4) is 0 Å². The molecule has 0 saturated heterocycles. The molecule has 9 nitrogen and oxygen atoms in total. The van der Waals surface area contributed by atoms with Crippen LogP contribution in [0.25, 0.3) is 5.65 Å². The van der Waals surface area contributed by atoms with Gasteiger partial charge in [0.1, 0.15) is 18.5 Å². The molecule has 0 radical (unpaired) electrons. The Balaban J connectivity index is 2.21. The van der Waals surface area contributed by atoms with Crippen molar-refractivity contribution in [3.05, 3.63) is 27.7 Å². The molecule has 0 spiro atoms. The normalized spacial score (nSPS) is 14.9. The number of hydrogen-bond acceptors (Lipinski definition) is 6. The molecule has 0 aromatic carbocycles. The molecule has 0 atom stereocenters. The van der Waals surface area contributed by atoms with Gasteiger partial charge in [0.2, 0.25) is 5.88 Å². The molecule has 0 aliphatic heterocycles. The molecule has 1 fully saturated rings. The Morgan fingerprint density at radius 3 is 2.77 bits per heavy atom. The van der Waals surface area contributed by atoms with Crippen LogP contribution < -0.4 is 10.9 Å². The highest BCUT2D eigenvalue weighted by Crippen LogP contribution is 2.23. The number of oxime groups is 1. The molecular weight excluding hydrogens is 338 g/mol. The van der Waals surface area contributed by atoms with Crippen molar-refractivity contribution in [3.63, 3.8) is 0 Å². The van der Waals surface area contributed by atoms with E-state index in [1.54, 1.807) is 6.07 Å². The van der Waals surface area contributed by atoms with Gasteiger partial charge in [-0.2, -0.15) is 9.61 Å². The fourth-order valence-corrected chi connectivity index (χ4v) is 2.66. The third kappa shape index (κ3) is 3.56. The average Bonchev–Trinajstić information content (AvgIpc) is 3.24. The number of carbonyl (C=O) groups excluding carboxylic acids is 1. The predicted octanol–water partition coefficient (Wildman–Crippen LogP) is 1.12. The Bertz CT molecular complexity index is 931. The van der Waals surface area contributed by atoms with E-state index in [1.165, 1.54) is 22.4 Å². The molecule has 0 bridgehead atoms. The van der Waals surface area contributed by atoms with E-state index in [0.29, 0.717) is 17.9 Å². The van der Waals surface area contributed by atoms with Gasteiger partial charge in [0.05, 0.1) is 6.21 Å². The van der Waals surface area contributed by atoms with E-state index in [1.807, 2.05) is 20.8 Å². The molecule has 2 heterocycles. The molecule has 2 N–H and O–H groups in total. The predicted molar refractivity (Wildman–Crippen MR) is 95.7 cm³/mol. The lowest BCUT2D eigenvalue weighted by molar-refractivity contribution is 0.0944.